The van der Waals surface area contributed by atoms with E-state index in [1.54, 1.807) is 20.8 Å². The zero-order valence-electron chi connectivity index (χ0n) is 10.3. The molecule has 2 heterocycles. The fraction of sp³-hybridized carbons (Fsp3) is 0.455. The van der Waals surface area contributed by atoms with Gasteiger partial charge in [-0.1, -0.05) is 0 Å². The van der Waals surface area contributed by atoms with Crippen molar-refractivity contribution in [1.29, 1.82) is 0 Å². The van der Waals surface area contributed by atoms with Gasteiger partial charge in [0.2, 0.25) is 17.6 Å². The summed E-state index contributed by atoms with van der Waals surface area (Å²) in [5.74, 6) is -1.05. The molecule has 0 aromatic carbocycles. The third kappa shape index (κ3) is 1.99. The lowest BCUT2D eigenvalue weighted by Gasteiger charge is -2.30. The Balaban J connectivity index is 2.30. The van der Waals surface area contributed by atoms with Gasteiger partial charge in [-0.3, -0.25) is 19.7 Å². The van der Waals surface area contributed by atoms with Gasteiger partial charge >= 0.3 is 0 Å². The molecule has 96 valence electrons. The number of carbonyl (C=O) groups is 3. The number of hydrogen-bond acceptors (Lipinski definition) is 5. The van der Waals surface area contributed by atoms with Crippen LogP contribution in [0.4, 0.5) is 0 Å². The normalized spacial score (nSPS) is 19.9. The quantitative estimate of drug-likeness (QED) is 0.696. The lowest BCUT2D eigenvalue weighted by Crippen LogP contribution is -2.58. The zero-order valence-corrected chi connectivity index (χ0v) is 10.3. The highest BCUT2D eigenvalue weighted by Gasteiger charge is 2.36. The maximum absolute atomic E-state index is 12.2. The number of aryl methyl sites for hydroxylation is 2. The fourth-order valence-corrected chi connectivity index (χ4v) is 1.82. The van der Waals surface area contributed by atoms with Crippen molar-refractivity contribution in [1.82, 2.24) is 15.2 Å². The minimum Gasteiger partial charge on any atom is -0.436 e. The van der Waals surface area contributed by atoms with Gasteiger partial charge in [0.1, 0.15) is 12.6 Å². The number of hydrogen-bond donors (Lipinski definition) is 1. The molecular weight excluding hydrogens is 238 g/mol. The Morgan fingerprint density at radius 3 is 2.67 bits per heavy atom. The molecule has 1 fully saturated rings. The highest BCUT2D eigenvalue weighted by atomic mass is 16.4. The van der Waals surface area contributed by atoms with Crippen LogP contribution in [0.15, 0.2) is 4.42 Å². The van der Waals surface area contributed by atoms with Crippen molar-refractivity contribution >= 4 is 17.7 Å². The van der Waals surface area contributed by atoms with Crippen molar-refractivity contribution in [2.45, 2.75) is 26.8 Å². The van der Waals surface area contributed by atoms with Crippen LogP contribution in [0.3, 0.4) is 0 Å². The number of nitrogens with one attached hydrogen (secondary N) is 1. The summed E-state index contributed by atoms with van der Waals surface area (Å²) in [6, 6.07) is -0.708. The molecule has 0 spiro atoms. The van der Waals surface area contributed by atoms with Crippen LogP contribution in [0, 0.1) is 13.8 Å². The van der Waals surface area contributed by atoms with E-state index in [4.69, 9.17) is 4.42 Å². The fourth-order valence-electron chi connectivity index (χ4n) is 1.82. The van der Waals surface area contributed by atoms with E-state index < -0.39 is 23.8 Å². The summed E-state index contributed by atoms with van der Waals surface area (Å²) in [5, 5.41) is 2.17. The Morgan fingerprint density at radius 1 is 1.44 bits per heavy atom. The lowest BCUT2D eigenvalue weighted by atomic mass is 10.2. The average Bonchev–Trinajstić information content (AvgIpc) is 2.62. The van der Waals surface area contributed by atoms with E-state index in [9.17, 15) is 14.4 Å². The van der Waals surface area contributed by atoms with Crippen molar-refractivity contribution in [3.8, 4) is 0 Å². The minimum atomic E-state index is -0.708. The van der Waals surface area contributed by atoms with E-state index in [-0.39, 0.29) is 12.3 Å². The number of amides is 3. The first kappa shape index (κ1) is 12.3. The first-order valence-corrected chi connectivity index (χ1v) is 5.49. The average molecular weight is 251 g/mol. The third-order valence-corrected chi connectivity index (χ3v) is 2.78. The van der Waals surface area contributed by atoms with Crippen LogP contribution in [0.5, 0.6) is 0 Å². The van der Waals surface area contributed by atoms with Crippen molar-refractivity contribution in [3.63, 3.8) is 0 Å². The van der Waals surface area contributed by atoms with Crippen LogP contribution in [0.1, 0.15) is 29.1 Å². The molecule has 1 aromatic heterocycles. The van der Waals surface area contributed by atoms with Crippen molar-refractivity contribution < 1.29 is 18.8 Å². The summed E-state index contributed by atoms with van der Waals surface area (Å²) in [7, 11) is 0. The summed E-state index contributed by atoms with van der Waals surface area (Å²) in [6.07, 6.45) is 0. The highest BCUT2D eigenvalue weighted by Crippen LogP contribution is 2.15. The van der Waals surface area contributed by atoms with Crippen molar-refractivity contribution in [2.24, 2.45) is 0 Å². The summed E-state index contributed by atoms with van der Waals surface area (Å²) < 4.78 is 5.20. The van der Waals surface area contributed by atoms with Gasteiger partial charge in [-0.15, -0.1) is 0 Å². The number of rotatable bonds is 1. The Hall–Kier alpha value is -2.18. The summed E-state index contributed by atoms with van der Waals surface area (Å²) >= 11 is 0. The molecule has 1 N–H and O–H groups in total. The molecule has 2 rings (SSSR count). The van der Waals surface area contributed by atoms with Gasteiger partial charge < -0.3 is 9.32 Å². The summed E-state index contributed by atoms with van der Waals surface area (Å²) in [5.41, 5.74) is 0.447. The van der Waals surface area contributed by atoms with E-state index in [2.05, 4.69) is 10.3 Å². The predicted octanol–water partition coefficient (Wildman–Crippen LogP) is -0.221. The second-order valence-electron chi connectivity index (χ2n) is 4.17. The van der Waals surface area contributed by atoms with Crippen LogP contribution in [-0.4, -0.2) is 40.2 Å². The first-order valence-electron chi connectivity index (χ1n) is 5.49. The molecule has 7 nitrogen and oxygen atoms in total. The second-order valence-corrected chi connectivity index (χ2v) is 4.17. The largest absolute Gasteiger partial charge is 0.436 e. The SMILES string of the molecule is Cc1nc(C)c(C(=O)N2CC(=O)NC(=O)C2C)o1. The van der Waals surface area contributed by atoms with Crippen LogP contribution < -0.4 is 5.32 Å². The first-order chi connectivity index (χ1) is 8.40. The maximum atomic E-state index is 12.2. The van der Waals surface area contributed by atoms with E-state index in [1.807, 2.05) is 0 Å². The number of carbonyl (C=O) groups excluding carboxylic acids is 3. The molecule has 0 bridgehead atoms. The van der Waals surface area contributed by atoms with E-state index >= 15 is 0 Å². The van der Waals surface area contributed by atoms with Crippen LogP contribution >= 0.6 is 0 Å². The molecule has 1 aliphatic heterocycles. The van der Waals surface area contributed by atoms with Gasteiger partial charge in [0.15, 0.2) is 5.89 Å². The molecule has 18 heavy (non-hydrogen) atoms. The Labute approximate surface area is 103 Å². The monoisotopic (exact) mass is 251 g/mol. The molecule has 1 aliphatic rings. The molecule has 0 radical (unpaired) electrons. The van der Waals surface area contributed by atoms with E-state index in [0.29, 0.717) is 11.6 Å². The van der Waals surface area contributed by atoms with Gasteiger partial charge in [0.25, 0.3) is 5.91 Å². The van der Waals surface area contributed by atoms with Crippen LogP contribution in [0.2, 0.25) is 0 Å². The lowest BCUT2D eigenvalue weighted by molar-refractivity contribution is -0.138. The zero-order chi connectivity index (χ0) is 13.4. The Bertz CT molecular complexity index is 534. The van der Waals surface area contributed by atoms with Gasteiger partial charge in [0, 0.05) is 6.92 Å². The smallest absolute Gasteiger partial charge is 0.292 e. The summed E-state index contributed by atoms with van der Waals surface area (Å²) in [4.78, 5) is 40.1. The number of imide groups is 1. The van der Waals surface area contributed by atoms with Gasteiger partial charge in [-0.2, -0.15) is 0 Å². The molecule has 1 unspecified atom stereocenters. The van der Waals surface area contributed by atoms with Crippen LogP contribution in [0.25, 0.3) is 0 Å². The number of oxazole rings is 1. The molecule has 1 aromatic rings. The summed E-state index contributed by atoms with van der Waals surface area (Å²) in [6.45, 7) is 4.66. The van der Waals surface area contributed by atoms with E-state index in [0.717, 1.165) is 0 Å². The number of nitrogens with zero attached hydrogens (tertiary/aromatic N) is 2. The Morgan fingerprint density at radius 2 is 2.11 bits per heavy atom. The molecule has 7 heteroatoms. The molecule has 0 saturated carbocycles. The van der Waals surface area contributed by atoms with E-state index in [1.165, 1.54) is 4.90 Å². The van der Waals surface area contributed by atoms with Crippen molar-refractivity contribution in [3.05, 3.63) is 17.3 Å². The van der Waals surface area contributed by atoms with Gasteiger partial charge in [-0.05, 0) is 13.8 Å². The highest BCUT2D eigenvalue weighted by molar-refractivity contribution is 6.06. The molecule has 1 saturated heterocycles. The standard InChI is InChI=1S/C11H13N3O4/c1-5-9(18-7(3)12-5)11(17)14-4-8(15)13-10(16)6(14)2/h6H,4H2,1-3H3,(H,13,15,16). The molecule has 1 atom stereocenters. The molecule has 0 aliphatic carbocycles. The maximum Gasteiger partial charge on any atom is 0.292 e. The van der Waals surface area contributed by atoms with Crippen LogP contribution in [-0.2, 0) is 9.59 Å². The second kappa shape index (κ2) is 4.25. The topological polar surface area (TPSA) is 92.5 Å². The number of aromatic nitrogens is 1. The molecular formula is C11H13N3O4. The number of piperazine rings is 1. The van der Waals surface area contributed by atoms with Gasteiger partial charge in [0.05, 0.1) is 5.69 Å². The minimum absolute atomic E-state index is 0.0712. The third-order valence-electron chi connectivity index (χ3n) is 2.78. The predicted molar refractivity (Wildman–Crippen MR) is 59.6 cm³/mol. The van der Waals surface area contributed by atoms with Gasteiger partial charge in [-0.25, -0.2) is 4.98 Å². The van der Waals surface area contributed by atoms with Crippen molar-refractivity contribution in [2.75, 3.05) is 6.54 Å². The Kier molecular flexibility index (Phi) is 2.90. The molecule has 3 amide bonds.